The van der Waals surface area contributed by atoms with Gasteiger partial charge in [0.05, 0.1) is 23.0 Å². The fourth-order valence-corrected chi connectivity index (χ4v) is 4.97. The van der Waals surface area contributed by atoms with Gasteiger partial charge < -0.3 is 35.4 Å². The lowest BCUT2D eigenvalue weighted by atomic mass is 9.81. The van der Waals surface area contributed by atoms with Gasteiger partial charge in [-0.2, -0.15) is 0 Å². The molecule has 3 atom stereocenters. The summed E-state index contributed by atoms with van der Waals surface area (Å²) in [6.45, 7) is 2.47. The summed E-state index contributed by atoms with van der Waals surface area (Å²) in [7, 11) is 0. The van der Waals surface area contributed by atoms with Crippen molar-refractivity contribution in [3.05, 3.63) is 82.4 Å². The van der Waals surface area contributed by atoms with Crippen molar-refractivity contribution in [3.63, 3.8) is 0 Å². The first kappa shape index (κ1) is 29.8. The van der Waals surface area contributed by atoms with E-state index in [9.17, 15) is 19.5 Å². The summed E-state index contributed by atoms with van der Waals surface area (Å²) in [6, 6.07) is 14.1. The third-order valence-electron chi connectivity index (χ3n) is 7.05. The van der Waals surface area contributed by atoms with E-state index in [-0.39, 0.29) is 36.0 Å². The number of nitrogens with one attached hydrogen (secondary N) is 2. The Bertz CT molecular complexity index is 1430. The number of ether oxygens (including phenoxy) is 2. The third-order valence-corrected chi connectivity index (χ3v) is 7.05. The van der Waals surface area contributed by atoms with E-state index >= 15 is 0 Å². The number of carbonyl (C=O) groups is 2. The molecule has 3 unspecified atom stereocenters. The van der Waals surface area contributed by atoms with E-state index in [1.165, 1.54) is 6.26 Å². The minimum absolute atomic E-state index is 0.0256. The number of aliphatic hydroxyl groups excluding tert-OH is 1. The molecule has 2 heterocycles. The van der Waals surface area contributed by atoms with Gasteiger partial charge in [0.1, 0.15) is 5.58 Å². The SMILES string of the molecule is CCOC1OC(C(=O)NCCCCC(=O)Nc2ccccc2N)=CC(c2coc3ccccc3c2=O)C1CCCO. The number of nitrogen functional groups attached to an aromatic ring is 1. The van der Waals surface area contributed by atoms with Crippen LogP contribution in [0.4, 0.5) is 11.4 Å². The summed E-state index contributed by atoms with van der Waals surface area (Å²) in [6.07, 6.45) is 4.70. The lowest BCUT2D eigenvalue weighted by molar-refractivity contribution is -0.166. The highest BCUT2D eigenvalue weighted by molar-refractivity contribution is 5.94. The van der Waals surface area contributed by atoms with E-state index in [4.69, 9.17) is 19.6 Å². The van der Waals surface area contributed by atoms with Crippen LogP contribution < -0.4 is 21.8 Å². The zero-order chi connectivity index (χ0) is 29.2. The molecule has 3 aromatic rings. The number of hydrogen-bond acceptors (Lipinski definition) is 8. The summed E-state index contributed by atoms with van der Waals surface area (Å²) in [5.74, 6) is -1.38. The Hall–Kier alpha value is -4.15. The number of fused-ring (bicyclic) bond motifs is 1. The second-order valence-corrected chi connectivity index (χ2v) is 9.89. The van der Waals surface area contributed by atoms with E-state index in [0.29, 0.717) is 66.7 Å². The molecule has 0 aliphatic carbocycles. The highest BCUT2D eigenvalue weighted by Crippen LogP contribution is 2.38. The average Bonchev–Trinajstić information content (AvgIpc) is 2.97. The minimum Gasteiger partial charge on any atom is -0.464 e. The number of rotatable bonds is 13. The summed E-state index contributed by atoms with van der Waals surface area (Å²) in [5.41, 5.74) is 7.63. The monoisotopic (exact) mass is 563 g/mol. The molecule has 10 heteroatoms. The summed E-state index contributed by atoms with van der Waals surface area (Å²) >= 11 is 0. The molecule has 0 saturated carbocycles. The lowest BCUT2D eigenvalue weighted by Crippen LogP contribution is -2.40. The normalized spacial score (nSPS) is 18.4. The van der Waals surface area contributed by atoms with Crippen molar-refractivity contribution in [1.82, 2.24) is 5.32 Å². The van der Waals surface area contributed by atoms with E-state index in [0.717, 1.165) is 0 Å². The second kappa shape index (κ2) is 14.5. The van der Waals surface area contributed by atoms with E-state index < -0.39 is 18.1 Å². The van der Waals surface area contributed by atoms with Crippen molar-refractivity contribution in [2.24, 2.45) is 5.92 Å². The van der Waals surface area contributed by atoms with Crippen LogP contribution in [0.2, 0.25) is 0 Å². The molecule has 2 aromatic carbocycles. The molecule has 0 bridgehead atoms. The van der Waals surface area contributed by atoms with Crippen molar-refractivity contribution < 1.29 is 28.6 Å². The zero-order valence-corrected chi connectivity index (χ0v) is 23.1. The first-order valence-corrected chi connectivity index (χ1v) is 14.0. The van der Waals surface area contributed by atoms with Crippen LogP contribution in [-0.2, 0) is 19.1 Å². The molecule has 1 aliphatic heterocycles. The van der Waals surface area contributed by atoms with Crippen LogP contribution in [0.25, 0.3) is 11.0 Å². The zero-order valence-electron chi connectivity index (χ0n) is 23.1. The van der Waals surface area contributed by atoms with Crippen LogP contribution in [0.1, 0.15) is 50.5 Å². The van der Waals surface area contributed by atoms with Gasteiger partial charge in [0.2, 0.25) is 12.2 Å². The Kier molecular flexibility index (Phi) is 10.5. The first-order valence-electron chi connectivity index (χ1n) is 14.0. The quantitative estimate of drug-likeness (QED) is 0.179. The van der Waals surface area contributed by atoms with E-state index in [1.807, 2.05) is 6.92 Å². The molecule has 0 spiro atoms. The second-order valence-electron chi connectivity index (χ2n) is 9.89. The van der Waals surface area contributed by atoms with Gasteiger partial charge in [0, 0.05) is 43.6 Å². The Morgan fingerprint density at radius 3 is 2.63 bits per heavy atom. The molecule has 4 rings (SSSR count). The standard InChI is InChI=1S/C31H37N3O7/c1-2-39-31-20(11-9-17-35)22(23-19-40-26-14-6-3-10-21(26)29(23)37)18-27(41-31)30(38)33-16-8-7-15-28(36)34-25-13-5-4-12-24(25)32/h3-6,10,12-14,18-20,22,31,35H,2,7-9,11,15-17,32H2,1H3,(H,33,38)(H,34,36). The van der Waals surface area contributed by atoms with Gasteiger partial charge >= 0.3 is 0 Å². The van der Waals surface area contributed by atoms with Crippen molar-refractivity contribution in [1.29, 1.82) is 0 Å². The molecule has 0 radical (unpaired) electrons. The number of para-hydroxylation sites is 3. The molecule has 218 valence electrons. The van der Waals surface area contributed by atoms with Gasteiger partial charge in [0.25, 0.3) is 5.91 Å². The average molecular weight is 564 g/mol. The molecule has 5 N–H and O–H groups in total. The van der Waals surface area contributed by atoms with Crippen LogP contribution in [0.5, 0.6) is 0 Å². The number of allylic oxidation sites excluding steroid dienone is 1. The molecule has 0 fully saturated rings. The van der Waals surface area contributed by atoms with Crippen LogP contribution in [0.15, 0.2) is 75.8 Å². The molecular formula is C31H37N3O7. The number of unbranched alkanes of at least 4 members (excludes halogenated alkanes) is 1. The number of nitrogens with two attached hydrogens (primary N) is 1. The number of benzene rings is 2. The Morgan fingerprint density at radius 2 is 1.85 bits per heavy atom. The van der Waals surface area contributed by atoms with Crippen LogP contribution in [-0.4, -0.2) is 43.0 Å². The predicted octanol–water partition coefficient (Wildman–Crippen LogP) is 4.05. The van der Waals surface area contributed by atoms with Gasteiger partial charge in [-0.05, 0) is 62.9 Å². The number of anilines is 2. The van der Waals surface area contributed by atoms with Gasteiger partial charge in [-0.1, -0.05) is 24.3 Å². The molecule has 2 amide bonds. The van der Waals surface area contributed by atoms with Gasteiger partial charge in [-0.3, -0.25) is 14.4 Å². The maximum atomic E-state index is 13.5. The smallest absolute Gasteiger partial charge is 0.286 e. The number of amides is 2. The van der Waals surface area contributed by atoms with Crippen LogP contribution in [0.3, 0.4) is 0 Å². The van der Waals surface area contributed by atoms with Gasteiger partial charge in [-0.25, -0.2) is 0 Å². The maximum absolute atomic E-state index is 13.5. The minimum atomic E-state index is -0.790. The largest absolute Gasteiger partial charge is 0.464 e. The topological polar surface area (TPSA) is 153 Å². The molecule has 1 aromatic heterocycles. The lowest BCUT2D eigenvalue weighted by Gasteiger charge is -2.36. The van der Waals surface area contributed by atoms with E-state index in [2.05, 4.69) is 10.6 Å². The highest BCUT2D eigenvalue weighted by atomic mass is 16.7. The van der Waals surface area contributed by atoms with Crippen molar-refractivity contribution in [3.8, 4) is 0 Å². The summed E-state index contributed by atoms with van der Waals surface area (Å²) in [5, 5.41) is 15.6. The molecule has 41 heavy (non-hydrogen) atoms. The molecule has 1 aliphatic rings. The van der Waals surface area contributed by atoms with Gasteiger partial charge in [-0.15, -0.1) is 0 Å². The Labute approximate surface area is 238 Å². The van der Waals surface area contributed by atoms with Crippen molar-refractivity contribution >= 4 is 34.2 Å². The van der Waals surface area contributed by atoms with Crippen molar-refractivity contribution in [2.75, 3.05) is 30.8 Å². The highest BCUT2D eigenvalue weighted by Gasteiger charge is 2.39. The first-order chi connectivity index (χ1) is 19.9. The Balaban J connectivity index is 1.44. The fraction of sp³-hybridized carbons (Fsp3) is 0.387. The predicted molar refractivity (Wildman–Crippen MR) is 156 cm³/mol. The number of hydrogen-bond donors (Lipinski definition) is 4. The molecule has 10 nitrogen and oxygen atoms in total. The van der Waals surface area contributed by atoms with Crippen molar-refractivity contribution in [2.45, 2.75) is 51.2 Å². The number of aliphatic hydroxyl groups is 1. The molecular weight excluding hydrogens is 526 g/mol. The fourth-order valence-electron chi connectivity index (χ4n) is 4.97. The molecule has 0 saturated heterocycles. The van der Waals surface area contributed by atoms with E-state index in [1.54, 1.807) is 54.6 Å². The number of carbonyl (C=O) groups excluding carboxylic acids is 2. The van der Waals surface area contributed by atoms with Gasteiger partial charge in [0.15, 0.2) is 11.2 Å². The summed E-state index contributed by atoms with van der Waals surface area (Å²) in [4.78, 5) is 38.8. The summed E-state index contributed by atoms with van der Waals surface area (Å²) < 4.78 is 17.6. The third kappa shape index (κ3) is 7.53. The van der Waals surface area contributed by atoms with Crippen LogP contribution >= 0.6 is 0 Å². The Morgan fingerprint density at radius 1 is 1.07 bits per heavy atom. The van der Waals surface area contributed by atoms with Crippen LogP contribution in [0, 0.1) is 5.92 Å². The maximum Gasteiger partial charge on any atom is 0.286 e.